The van der Waals surface area contributed by atoms with Gasteiger partial charge in [0.25, 0.3) is 0 Å². The molecule has 0 aliphatic heterocycles. The van der Waals surface area contributed by atoms with E-state index >= 15 is 0 Å². The lowest BCUT2D eigenvalue weighted by molar-refractivity contribution is -0.143. The summed E-state index contributed by atoms with van der Waals surface area (Å²) in [6.07, 6.45) is 1.39. The Labute approximate surface area is 115 Å². The number of nitrogens with zero attached hydrogens (tertiary/aromatic N) is 1. The molecule has 0 unspecified atom stereocenters. The first kappa shape index (κ1) is 17.0. The monoisotopic (exact) mass is 263 g/mol. The van der Waals surface area contributed by atoms with E-state index in [0.29, 0.717) is 25.2 Å². The number of nitriles is 1. The SMILES string of the molecule is CCCOC(=O)CC.CCOc1cccc(C#N)c1. The molecule has 104 valence electrons. The zero-order valence-electron chi connectivity index (χ0n) is 11.8. The summed E-state index contributed by atoms with van der Waals surface area (Å²) in [4.78, 5) is 10.3. The smallest absolute Gasteiger partial charge is 0.305 e. The molecule has 0 amide bonds. The highest BCUT2D eigenvalue weighted by atomic mass is 16.5. The molecule has 0 aliphatic rings. The number of benzene rings is 1. The van der Waals surface area contributed by atoms with Crippen molar-refractivity contribution in [2.75, 3.05) is 13.2 Å². The number of hydrogen-bond acceptors (Lipinski definition) is 4. The van der Waals surface area contributed by atoms with Crippen LogP contribution in [0.15, 0.2) is 24.3 Å². The maximum Gasteiger partial charge on any atom is 0.305 e. The van der Waals surface area contributed by atoms with Crippen LogP contribution in [-0.2, 0) is 9.53 Å². The summed E-state index contributed by atoms with van der Waals surface area (Å²) in [6.45, 7) is 6.88. The Hall–Kier alpha value is -2.02. The molecule has 0 saturated heterocycles. The number of hydrogen-bond donors (Lipinski definition) is 0. The van der Waals surface area contributed by atoms with Gasteiger partial charge in [-0.3, -0.25) is 4.79 Å². The lowest BCUT2D eigenvalue weighted by Gasteiger charge is -2.00. The van der Waals surface area contributed by atoms with Gasteiger partial charge in [-0.1, -0.05) is 19.9 Å². The fourth-order valence-corrected chi connectivity index (χ4v) is 1.14. The summed E-state index contributed by atoms with van der Waals surface area (Å²) >= 11 is 0. The molecule has 0 N–H and O–H groups in total. The van der Waals surface area contributed by atoms with Crippen LogP contribution in [-0.4, -0.2) is 19.2 Å². The van der Waals surface area contributed by atoms with Gasteiger partial charge in [-0.25, -0.2) is 0 Å². The van der Waals surface area contributed by atoms with Crippen molar-refractivity contribution in [2.45, 2.75) is 33.6 Å². The van der Waals surface area contributed by atoms with E-state index in [-0.39, 0.29) is 5.97 Å². The number of carbonyl (C=O) groups excluding carboxylic acids is 1. The summed E-state index contributed by atoms with van der Waals surface area (Å²) in [7, 11) is 0. The van der Waals surface area contributed by atoms with Gasteiger partial charge in [0, 0.05) is 6.42 Å². The van der Waals surface area contributed by atoms with Crippen molar-refractivity contribution >= 4 is 5.97 Å². The largest absolute Gasteiger partial charge is 0.494 e. The quantitative estimate of drug-likeness (QED) is 0.765. The molecule has 4 nitrogen and oxygen atoms in total. The summed E-state index contributed by atoms with van der Waals surface area (Å²) in [5.74, 6) is 0.651. The topological polar surface area (TPSA) is 59.3 Å². The van der Waals surface area contributed by atoms with Crippen molar-refractivity contribution < 1.29 is 14.3 Å². The van der Waals surface area contributed by atoms with Crippen molar-refractivity contribution in [1.82, 2.24) is 0 Å². The van der Waals surface area contributed by atoms with Gasteiger partial charge in [0.1, 0.15) is 5.75 Å². The van der Waals surface area contributed by atoms with Gasteiger partial charge >= 0.3 is 5.97 Å². The lowest BCUT2D eigenvalue weighted by Crippen LogP contribution is -2.02. The van der Waals surface area contributed by atoms with E-state index in [1.54, 1.807) is 19.1 Å². The van der Waals surface area contributed by atoms with E-state index in [2.05, 4.69) is 0 Å². The van der Waals surface area contributed by atoms with Crippen LogP contribution in [0.2, 0.25) is 0 Å². The molecule has 4 heteroatoms. The fourth-order valence-electron chi connectivity index (χ4n) is 1.14. The summed E-state index contributed by atoms with van der Waals surface area (Å²) in [5, 5.41) is 8.52. The second kappa shape index (κ2) is 11.1. The van der Waals surface area contributed by atoms with Crippen LogP contribution < -0.4 is 4.74 Å². The highest BCUT2D eigenvalue weighted by molar-refractivity contribution is 5.68. The average molecular weight is 263 g/mol. The molecule has 0 fully saturated rings. The molecule has 1 aromatic carbocycles. The van der Waals surface area contributed by atoms with Gasteiger partial charge in [0.05, 0.1) is 24.8 Å². The standard InChI is InChI=1S/C9H9NO.C6H12O2/c1-2-11-9-5-3-4-8(6-9)7-10;1-3-5-8-6(7)4-2/h3-6H,2H2,1H3;3-5H2,1-2H3. The van der Waals surface area contributed by atoms with Gasteiger partial charge in [-0.05, 0) is 31.5 Å². The predicted octanol–water partition coefficient (Wildman–Crippen LogP) is 3.31. The molecular formula is C15H21NO3. The van der Waals surface area contributed by atoms with Gasteiger partial charge in [0.2, 0.25) is 0 Å². The third-order valence-electron chi connectivity index (χ3n) is 2.03. The van der Waals surface area contributed by atoms with Crippen molar-refractivity contribution in [3.8, 4) is 11.8 Å². The number of rotatable bonds is 5. The molecule has 0 atom stereocenters. The summed E-state index contributed by atoms with van der Waals surface area (Å²) in [6, 6.07) is 9.17. The van der Waals surface area contributed by atoms with Crippen molar-refractivity contribution in [3.05, 3.63) is 29.8 Å². The zero-order valence-corrected chi connectivity index (χ0v) is 11.8. The number of carbonyl (C=O) groups is 1. The summed E-state index contributed by atoms with van der Waals surface area (Å²) in [5.41, 5.74) is 0.635. The maximum atomic E-state index is 10.3. The lowest BCUT2D eigenvalue weighted by atomic mass is 10.2. The molecule has 19 heavy (non-hydrogen) atoms. The minimum atomic E-state index is -0.105. The first-order valence-electron chi connectivity index (χ1n) is 6.46. The molecule has 0 saturated carbocycles. The van der Waals surface area contributed by atoms with E-state index in [0.717, 1.165) is 12.2 Å². The van der Waals surface area contributed by atoms with Crippen LogP contribution in [0.4, 0.5) is 0 Å². The Balaban J connectivity index is 0.000000362. The van der Waals surface area contributed by atoms with E-state index in [1.807, 2.05) is 32.0 Å². The van der Waals surface area contributed by atoms with E-state index in [1.165, 1.54) is 0 Å². The third kappa shape index (κ3) is 8.67. The van der Waals surface area contributed by atoms with Gasteiger partial charge in [-0.15, -0.1) is 0 Å². The first-order valence-corrected chi connectivity index (χ1v) is 6.46. The van der Waals surface area contributed by atoms with Gasteiger partial charge in [0.15, 0.2) is 0 Å². The second-order valence-corrected chi connectivity index (χ2v) is 3.65. The van der Waals surface area contributed by atoms with E-state index in [4.69, 9.17) is 14.7 Å². The van der Waals surface area contributed by atoms with E-state index < -0.39 is 0 Å². The molecule has 0 bridgehead atoms. The van der Waals surface area contributed by atoms with Crippen molar-refractivity contribution in [2.24, 2.45) is 0 Å². The van der Waals surface area contributed by atoms with Crippen LogP contribution in [0.5, 0.6) is 5.75 Å². The highest BCUT2D eigenvalue weighted by Gasteiger charge is 1.93. The predicted molar refractivity (Wildman–Crippen MR) is 73.9 cm³/mol. The first-order chi connectivity index (χ1) is 9.17. The Morgan fingerprint density at radius 1 is 1.32 bits per heavy atom. The highest BCUT2D eigenvalue weighted by Crippen LogP contribution is 2.11. The van der Waals surface area contributed by atoms with Crippen molar-refractivity contribution in [1.29, 1.82) is 5.26 Å². The summed E-state index contributed by atoms with van der Waals surface area (Å²) < 4.78 is 9.90. The van der Waals surface area contributed by atoms with Crippen LogP contribution >= 0.6 is 0 Å². The Bertz CT molecular complexity index is 410. The Kier molecular flexibility index (Phi) is 9.91. The normalized spacial score (nSPS) is 8.74. The zero-order chi connectivity index (χ0) is 14.5. The van der Waals surface area contributed by atoms with E-state index in [9.17, 15) is 4.79 Å². The van der Waals surface area contributed by atoms with Crippen LogP contribution in [0, 0.1) is 11.3 Å². The minimum Gasteiger partial charge on any atom is -0.494 e. The molecule has 0 aliphatic carbocycles. The second-order valence-electron chi connectivity index (χ2n) is 3.65. The van der Waals surface area contributed by atoms with Crippen LogP contribution in [0.3, 0.4) is 0 Å². The molecule has 0 heterocycles. The maximum absolute atomic E-state index is 10.3. The van der Waals surface area contributed by atoms with Crippen LogP contribution in [0.1, 0.15) is 39.2 Å². The molecule has 0 aromatic heterocycles. The number of ether oxygens (including phenoxy) is 2. The Morgan fingerprint density at radius 3 is 2.58 bits per heavy atom. The molecule has 1 aromatic rings. The molecule has 0 spiro atoms. The molecule has 1 rings (SSSR count). The molecule has 0 radical (unpaired) electrons. The Morgan fingerprint density at radius 2 is 2.05 bits per heavy atom. The third-order valence-corrected chi connectivity index (χ3v) is 2.03. The average Bonchev–Trinajstić information content (AvgIpc) is 2.46. The van der Waals surface area contributed by atoms with Gasteiger partial charge < -0.3 is 9.47 Å². The van der Waals surface area contributed by atoms with Crippen LogP contribution in [0.25, 0.3) is 0 Å². The molecular weight excluding hydrogens is 242 g/mol. The minimum absolute atomic E-state index is 0.105. The van der Waals surface area contributed by atoms with Crippen molar-refractivity contribution in [3.63, 3.8) is 0 Å². The van der Waals surface area contributed by atoms with Gasteiger partial charge in [-0.2, -0.15) is 5.26 Å². The fraction of sp³-hybridized carbons (Fsp3) is 0.467. The number of esters is 1.